The normalized spacial score (nSPS) is 15.6. The molecule has 3 aromatic rings. The molecule has 0 unspecified atom stereocenters. The summed E-state index contributed by atoms with van der Waals surface area (Å²) in [6.07, 6.45) is 5.32. The second-order valence-corrected chi connectivity index (χ2v) is 8.55. The molecule has 1 aliphatic heterocycles. The summed E-state index contributed by atoms with van der Waals surface area (Å²) in [5.74, 6) is 0.835. The van der Waals surface area contributed by atoms with Crippen LogP contribution in [-0.2, 0) is 16.4 Å². The third-order valence-corrected chi connectivity index (χ3v) is 6.50. The van der Waals surface area contributed by atoms with E-state index < -0.39 is 10.0 Å². The van der Waals surface area contributed by atoms with Gasteiger partial charge in [-0.2, -0.15) is 9.29 Å². The Bertz CT molecular complexity index is 1010. The highest BCUT2D eigenvalue weighted by molar-refractivity contribution is 7.89. The Hall–Kier alpha value is -2.58. The fourth-order valence-corrected chi connectivity index (χ4v) is 4.60. The molecule has 1 fully saturated rings. The Labute approximate surface area is 158 Å². The minimum atomic E-state index is -3.49. The van der Waals surface area contributed by atoms with Crippen molar-refractivity contribution >= 4 is 10.0 Å². The van der Waals surface area contributed by atoms with Gasteiger partial charge in [-0.1, -0.05) is 30.6 Å². The predicted octanol–water partition coefficient (Wildman–Crippen LogP) is 2.87. The zero-order valence-corrected chi connectivity index (χ0v) is 15.8. The molecular weight excluding hydrogens is 364 g/mol. The molecule has 8 heteroatoms. The summed E-state index contributed by atoms with van der Waals surface area (Å²) >= 11 is 0. The van der Waals surface area contributed by atoms with E-state index in [1.54, 1.807) is 30.6 Å². The topological polar surface area (TPSA) is 89.2 Å². The molecule has 0 radical (unpaired) electrons. The highest BCUT2D eigenvalue weighted by Gasteiger charge is 2.40. The van der Waals surface area contributed by atoms with E-state index in [1.807, 2.05) is 18.2 Å². The number of aromatic nitrogens is 3. The van der Waals surface area contributed by atoms with E-state index in [2.05, 4.69) is 22.0 Å². The number of aryl methyl sites for hydroxylation is 1. The van der Waals surface area contributed by atoms with Crippen molar-refractivity contribution in [3.8, 4) is 11.4 Å². The summed E-state index contributed by atoms with van der Waals surface area (Å²) < 4.78 is 32.2. The van der Waals surface area contributed by atoms with Crippen molar-refractivity contribution in [2.75, 3.05) is 13.1 Å². The van der Waals surface area contributed by atoms with Crippen LogP contribution >= 0.6 is 0 Å². The van der Waals surface area contributed by atoms with Gasteiger partial charge in [0.15, 0.2) is 0 Å². The molecule has 1 aliphatic rings. The fourth-order valence-electron chi connectivity index (χ4n) is 3.07. The molecule has 140 valence electrons. The number of benzene rings is 1. The number of nitrogens with zero attached hydrogens (tertiary/aromatic N) is 4. The van der Waals surface area contributed by atoms with Crippen molar-refractivity contribution in [2.45, 2.75) is 30.6 Å². The van der Waals surface area contributed by atoms with E-state index >= 15 is 0 Å². The summed E-state index contributed by atoms with van der Waals surface area (Å²) in [7, 11) is -3.49. The van der Waals surface area contributed by atoms with Crippen LogP contribution in [0.25, 0.3) is 11.4 Å². The van der Waals surface area contributed by atoms with Gasteiger partial charge in [-0.25, -0.2) is 8.42 Å². The van der Waals surface area contributed by atoms with Gasteiger partial charge in [0.05, 0.1) is 10.8 Å². The number of rotatable bonds is 6. The number of hydrogen-bond acceptors (Lipinski definition) is 6. The van der Waals surface area contributed by atoms with E-state index in [-0.39, 0.29) is 5.92 Å². The van der Waals surface area contributed by atoms with Crippen molar-refractivity contribution in [3.63, 3.8) is 0 Å². The minimum Gasteiger partial charge on any atom is -0.339 e. The quantitative estimate of drug-likeness (QED) is 0.649. The van der Waals surface area contributed by atoms with Gasteiger partial charge in [0.1, 0.15) is 0 Å². The molecule has 0 amide bonds. The number of pyridine rings is 1. The number of hydrogen-bond donors (Lipinski definition) is 0. The maximum atomic E-state index is 12.7. The standard InChI is InChI=1S/C19H20N4O3S/c1-2-4-14-6-8-17(9-7-14)27(24,25)23-12-16(13-23)19-21-18(22-26-19)15-5-3-10-20-11-15/h3,5-11,16H,2,4,12-13H2,1H3. The lowest BCUT2D eigenvalue weighted by Gasteiger charge is -2.35. The Morgan fingerprint density at radius 2 is 1.96 bits per heavy atom. The molecule has 0 N–H and O–H groups in total. The first-order chi connectivity index (χ1) is 13.1. The molecule has 0 atom stereocenters. The molecule has 7 nitrogen and oxygen atoms in total. The van der Waals surface area contributed by atoms with Gasteiger partial charge < -0.3 is 4.52 Å². The minimum absolute atomic E-state index is 0.0861. The Morgan fingerprint density at radius 3 is 2.63 bits per heavy atom. The molecule has 0 bridgehead atoms. The lowest BCUT2D eigenvalue weighted by molar-refractivity contribution is 0.217. The van der Waals surface area contributed by atoms with Crippen LogP contribution in [-0.4, -0.2) is 40.9 Å². The predicted molar refractivity (Wildman–Crippen MR) is 99.5 cm³/mol. The third-order valence-electron chi connectivity index (χ3n) is 4.66. The molecule has 2 aromatic heterocycles. The van der Waals surface area contributed by atoms with Crippen molar-refractivity contribution in [1.82, 2.24) is 19.4 Å². The number of sulfonamides is 1. The SMILES string of the molecule is CCCc1ccc(S(=O)(=O)N2CC(c3nc(-c4cccnc4)no3)C2)cc1. The molecule has 1 saturated heterocycles. The van der Waals surface area contributed by atoms with Crippen LogP contribution in [0, 0.1) is 0 Å². The Morgan fingerprint density at radius 1 is 1.19 bits per heavy atom. The highest BCUT2D eigenvalue weighted by atomic mass is 32.2. The van der Waals surface area contributed by atoms with Gasteiger partial charge in [0.25, 0.3) is 0 Å². The van der Waals surface area contributed by atoms with E-state index in [0.29, 0.717) is 29.7 Å². The van der Waals surface area contributed by atoms with Crippen LogP contribution in [0.2, 0.25) is 0 Å². The second-order valence-electron chi connectivity index (χ2n) is 6.61. The Kier molecular flexibility index (Phi) is 4.75. The largest absolute Gasteiger partial charge is 0.339 e. The summed E-state index contributed by atoms with van der Waals surface area (Å²) in [5.41, 5.74) is 1.91. The highest BCUT2D eigenvalue weighted by Crippen LogP contribution is 2.32. The van der Waals surface area contributed by atoms with Crippen LogP contribution < -0.4 is 0 Å². The molecule has 0 saturated carbocycles. The van der Waals surface area contributed by atoms with Crippen LogP contribution in [0.15, 0.2) is 58.2 Å². The molecule has 4 rings (SSSR count). The molecule has 1 aromatic carbocycles. The van der Waals surface area contributed by atoms with Crippen molar-refractivity contribution in [3.05, 3.63) is 60.2 Å². The fraction of sp³-hybridized carbons (Fsp3) is 0.316. The van der Waals surface area contributed by atoms with E-state index in [1.165, 1.54) is 4.31 Å². The van der Waals surface area contributed by atoms with Gasteiger partial charge in [-0.3, -0.25) is 4.98 Å². The smallest absolute Gasteiger partial charge is 0.243 e. The van der Waals surface area contributed by atoms with Gasteiger partial charge in [0, 0.05) is 31.0 Å². The second kappa shape index (κ2) is 7.21. The molecule has 27 heavy (non-hydrogen) atoms. The van der Waals surface area contributed by atoms with E-state index in [0.717, 1.165) is 24.0 Å². The first kappa shape index (κ1) is 17.8. The van der Waals surface area contributed by atoms with Gasteiger partial charge in [0.2, 0.25) is 21.7 Å². The van der Waals surface area contributed by atoms with E-state index in [4.69, 9.17) is 4.52 Å². The van der Waals surface area contributed by atoms with Gasteiger partial charge in [-0.05, 0) is 36.2 Å². The Balaban J connectivity index is 1.43. The van der Waals surface area contributed by atoms with Crippen LogP contribution in [0.5, 0.6) is 0 Å². The monoisotopic (exact) mass is 384 g/mol. The van der Waals surface area contributed by atoms with Crippen molar-refractivity contribution in [2.24, 2.45) is 0 Å². The van der Waals surface area contributed by atoms with Crippen LogP contribution in [0.4, 0.5) is 0 Å². The van der Waals surface area contributed by atoms with Crippen LogP contribution in [0.1, 0.15) is 30.7 Å². The average Bonchev–Trinajstić information content (AvgIpc) is 3.11. The molecular formula is C19H20N4O3S. The molecule has 3 heterocycles. The lowest BCUT2D eigenvalue weighted by Crippen LogP contribution is -2.48. The zero-order valence-electron chi connectivity index (χ0n) is 14.9. The van der Waals surface area contributed by atoms with Gasteiger partial charge in [-0.15, -0.1) is 0 Å². The summed E-state index contributed by atoms with van der Waals surface area (Å²) in [6, 6.07) is 10.8. The summed E-state index contributed by atoms with van der Waals surface area (Å²) in [4.78, 5) is 8.74. The average molecular weight is 384 g/mol. The maximum Gasteiger partial charge on any atom is 0.243 e. The summed E-state index contributed by atoms with van der Waals surface area (Å²) in [5, 5.41) is 3.97. The first-order valence-electron chi connectivity index (χ1n) is 8.91. The third kappa shape index (κ3) is 3.50. The van der Waals surface area contributed by atoms with Crippen molar-refractivity contribution in [1.29, 1.82) is 0 Å². The molecule has 0 aliphatic carbocycles. The zero-order chi connectivity index (χ0) is 18.9. The van der Waals surface area contributed by atoms with E-state index in [9.17, 15) is 8.42 Å². The van der Waals surface area contributed by atoms with Gasteiger partial charge >= 0.3 is 0 Å². The first-order valence-corrected chi connectivity index (χ1v) is 10.3. The summed E-state index contributed by atoms with van der Waals surface area (Å²) in [6.45, 7) is 2.78. The maximum absolute atomic E-state index is 12.7. The lowest BCUT2D eigenvalue weighted by atomic mass is 10.0. The van der Waals surface area contributed by atoms with Crippen LogP contribution in [0.3, 0.4) is 0 Å². The van der Waals surface area contributed by atoms with Crippen molar-refractivity contribution < 1.29 is 12.9 Å². The molecule has 0 spiro atoms.